The summed E-state index contributed by atoms with van der Waals surface area (Å²) in [7, 11) is 1.82. The first-order chi connectivity index (χ1) is 8.69. The highest BCUT2D eigenvalue weighted by molar-refractivity contribution is 5.34. The summed E-state index contributed by atoms with van der Waals surface area (Å²) in [5, 5.41) is 2.95. The number of benzene rings is 1. The summed E-state index contributed by atoms with van der Waals surface area (Å²) < 4.78 is 18.6. The van der Waals surface area contributed by atoms with Gasteiger partial charge >= 0.3 is 0 Å². The van der Waals surface area contributed by atoms with Gasteiger partial charge in [-0.15, -0.1) is 0 Å². The second-order valence-corrected chi connectivity index (χ2v) is 4.00. The van der Waals surface area contributed by atoms with Gasteiger partial charge in [0.1, 0.15) is 24.0 Å². The molecule has 0 saturated carbocycles. The topological polar surface area (TPSA) is 34.1 Å². The minimum Gasteiger partial charge on any atom is -0.489 e. The fourth-order valence-electron chi connectivity index (χ4n) is 1.53. The number of anilines is 1. The molecule has 2 rings (SSSR count). The SMILES string of the molecule is CNc1ccc(COc2ccc(F)c(C)c2)cn1. The van der Waals surface area contributed by atoms with Crippen molar-refractivity contribution in [2.75, 3.05) is 12.4 Å². The minimum atomic E-state index is -0.220. The van der Waals surface area contributed by atoms with Crippen molar-refractivity contribution >= 4 is 5.82 Å². The summed E-state index contributed by atoms with van der Waals surface area (Å²) in [5.74, 6) is 1.25. The molecule has 0 aliphatic rings. The third kappa shape index (κ3) is 2.97. The number of hydrogen-bond acceptors (Lipinski definition) is 3. The molecule has 1 heterocycles. The molecule has 1 N–H and O–H groups in total. The van der Waals surface area contributed by atoms with Crippen molar-refractivity contribution in [2.45, 2.75) is 13.5 Å². The van der Waals surface area contributed by atoms with E-state index in [-0.39, 0.29) is 5.82 Å². The van der Waals surface area contributed by atoms with E-state index in [0.29, 0.717) is 17.9 Å². The van der Waals surface area contributed by atoms with Crippen LogP contribution in [0.15, 0.2) is 36.5 Å². The van der Waals surface area contributed by atoms with Gasteiger partial charge in [-0.1, -0.05) is 6.07 Å². The van der Waals surface area contributed by atoms with Crippen molar-refractivity contribution < 1.29 is 9.13 Å². The van der Waals surface area contributed by atoms with Gasteiger partial charge in [-0.05, 0) is 36.8 Å². The predicted octanol–water partition coefficient (Wildman–Crippen LogP) is 3.15. The van der Waals surface area contributed by atoms with E-state index in [1.807, 2.05) is 19.2 Å². The number of pyridine rings is 1. The maximum absolute atomic E-state index is 13.1. The predicted molar refractivity (Wildman–Crippen MR) is 69.3 cm³/mol. The number of nitrogens with one attached hydrogen (secondary N) is 1. The van der Waals surface area contributed by atoms with E-state index in [9.17, 15) is 4.39 Å². The van der Waals surface area contributed by atoms with Gasteiger partial charge in [0.15, 0.2) is 0 Å². The highest BCUT2D eigenvalue weighted by atomic mass is 19.1. The molecule has 0 bridgehead atoms. The summed E-state index contributed by atoms with van der Waals surface area (Å²) in [6, 6.07) is 8.54. The molecule has 0 amide bonds. The molecule has 0 fully saturated rings. The molecule has 0 aliphatic heterocycles. The molecule has 4 heteroatoms. The average molecular weight is 246 g/mol. The van der Waals surface area contributed by atoms with Gasteiger partial charge in [0.05, 0.1) is 0 Å². The molecule has 0 aliphatic carbocycles. The number of hydrogen-bond donors (Lipinski definition) is 1. The van der Waals surface area contributed by atoms with Gasteiger partial charge in [0.25, 0.3) is 0 Å². The van der Waals surface area contributed by atoms with Gasteiger partial charge in [-0.2, -0.15) is 0 Å². The van der Waals surface area contributed by atoms with E-state index >= 15 is 0 Å². The number of rotatable bonds is 4. The van der Waals surface area contributed by atoms with Crippen LogP contribution < -0.4 is 10.1 Å². The molecule has 94 valence electrons. The Bertz CT molecular complexity index is 526. The van der Waals surface area contributed by atoms with Crippen LogP contribution in [0.4, 0.5) is 10.2 Å². The highest BCUT2D eigenvalue weighted by Crippen LogP contribution is 2.17. The van der Waals surface area contributed by atoms with Crippen molar-refractivity contribution in [3.63, 3.8) is 0 Å². The summed E-state index contributed by atoms with van der Waals surface area (Å²) in [6.07, 6.45) is 1.75. The first kappa shape index (κ1) is 12.4. The van der Waals surface area contributed by atoms with Crippen LogP contribution in [0.3, 0.4) is 0 Å². The van der Waals surface area contributed by atoms with Crippen LogP contribution in [0.1, 0.15) is 11.1 Å². The Hall–Kier alpha value is -2.10. The Kier molecular flexibility index (Phi) is 3.77. The average Bonchev–Trinajstić information content (AvgIpc) is 2.41. The van der Waals surface area contributed by atoms with Crippen LogP contribution in [0.25, 0.3) is 0 Å². The van der Waals surface area contributed by atoms with E-state index in [1.54, 1.807) is 25.3 Å². The second-order valence-electron chi connectivity index (χ2n) is 4.00. The van der Waals surface area contributed by atoms with Crippen molar-refractivity contribution in [1.82, 2.24) is 4.98 Å². The summed E-state index contributed by atoms with van der Waals surface area (Å²) in [6.45, 7) is 2.13. The first-order valence-corrected chi connectivity index (χ1v) is 5.70. The third-order valence-corrected chi connectivity index (χ3v) is 2.62. The minimum absolute atomic E-state index is 0.220. The molecule has 0 spiro atoms. The van der Waals surface area contributed by atoms with Crippen LogP contribution >= 0.6 is 0 Å². The van der Waals surface area contributed by atoms with E-state index in [0.717, 1.165) is 11.4 Å². The lowest BCUT2D eigenvalue weighted by Crippen LogP contribution is -1.98. The van der Waals surface area contributed by atoms with E-state index in [1.165, 1.54) is 6.07 Å². The van der Waals surface area contributed by atoms with Gasteiger partial charge in [-0.3, -0.25) is 0 Å². The monoisotopic (exact) mass is 246 g/mol. The lowest BCUT2D eigenvalue weighted by Gasteiger charge is -2.07. The fourth-order valence-corrected chi connectivity index (χ4v) is 1.53. The summed E-state index contributed by atoms with van der Waals surface area (Å²) in [5.41, 5.74) is 1.55. The number of ether oxygens (including phenoxy) is 1. The Morgan fingerprint density at radius 3 is 2.72 bits per heavy atom. The van der Waals surface area contributed by atoms with Crippen molar-refractivity contribution in [3.05, 3.63) is 53.5 Å². The highest BCUT2D eigenvalue weighted by Gasteiger charge is 2.01. The second kappa shape index (κ2) is 5.49. The molecular weight excluding hydrogens is 231 g/mol. The molecule has 3 nitrogen and oxygen atoms in total. The molecule has 1 aromatic heterocycles. The standard InChI is InChI=1S/C14H15FN2O/c1-10-7-12(4-5-13(10)15)18-9-11-3-6-14(16-2)17-8-11/h3-8H,9H2,1-2H3,(H,16,17). The van der Waals surface area contributed by atoms with Crippen molar-refractivity contribution in [1.29, 1.82) is 0 Å². The molecule has 18 heavy (non-hydrogen) atoms. The van der Waals surface area contributed by atoms with Crippen LogP contribution in [-0.2, 0) is 6.61 Å². The van der Waals surface area contributed by atoms with Crippen LogP contribution in [-0.4, -0.2) is 12.0 Å². The molecule has 0 unspecified atom stereocenters. The molecule has 0 saturated heterocycles. The zero-order valence-electron chi connectivity index (χ0n) is 10.4. The van der Waals surface area contributed by atoms with Gasteiger partial charge in [0, 0.05) is 18.8 Å². The maximum Gasteiger partial charge on any atom is 0.126 e. The Balaban J connectivity index is 1.99. The number of nitrogens with zero attached hydrogens (tertiary/aromatic N) is 1. The van der Waals surface area contributed by atoms with Gasteiger partial charge < -0.3 is 10.1 Å². The van der Waals surface area contributed by atoms with Crippen LogP contribution in [0, 0.1) is 12.7 Å². The largest absolute Gasteiger partial charge is 0.489 e. The molecule has 0 atom stereocenters. The van der Waals surface area contributed by atoms with Crippen LogP contribution in [0.2, 0.25) is 0 Å². The van der Waals surface area contributed by atoms with Crippen molar-refractivity contribution in [3.8, 4) is 5.75 Å². The first-order valence-electron chi connectivity index (χ1n) is 5.70. The Labute approximate surface area is 106 Å². The molecule has 0 radical (unpaired) electrons. The summed E-state index contributed by atoms with van der Waals surface area (Å²) in [4.78, 5) is 4.19. The molecule has 2 aromatic rings. The van der Waals surface area contributed by atoms with Crippen molar-refractivity contribution in [2.24, 2.45) is 0 Å². The quantitative estimate of drug-likeness (QED) is 0.899. The van der Waals surface area contributed by atoms with Crippen LogP contribution in [0.5, 0.6) is 5.75 Å². The van der Waals surface area contributed by atoms with E-state index < -0.39 is 0 Å². The zero-order valence-corrected chi connectivity index (χ0v) is 10.4. The summed E-state index contributed by atoms with van der Waals surface area (Å²) >= 11 is 0. The number of aryl methyl sites for hydroxylation is 1. The Morgan fingerprint density at radius 2 is 2.11 bits per heavy atom. The number of aromatic nitrogens is 1. The number of halogens is 1. The normalized spacial score (nSPS) is 10.2. The lowest BCUT2D eigenvalue weighted by molar-refractivity contribution is 0.305. The fraction of sp³-hybridized carbons (Fsp3) is 0.214. The third-order valence-electron chi connectivity index (χ3n) is 2.62. The van der Waals surface area contributed by atoms with E-state index in [4.69, 9.17) is 4.74 Å². The smallest absolute Gasteiger partial charge is 0.126 e. The molecular formula is C14H15FN2O. The lowest BCUT2D eigenvalue weighted by atomic mass is 10.2. The molecule has 1 aromatic carbocycles. The maximum atomic E-state index is 13.1. The van der Waals surface area contributed by atoms with E-state index in [2.05, 4.69) is 10.3 Å². The van der Waals surface area contributed by atoms with Gasteiger partial charge in [-0.25, -0.2) is 9.37 Å². The Morgan fingerprint density at radius 1 is 1.28 bits per heavy atom. The van der Waals surface area contributed by atoms with Gasteiger partial charge in [0.2, 0.25) is 0 Å². The zero-order chi connectivity index (χ0) is 13.0.